The fourth-order valence-corrected chi connectivity index (χ4v) is 4.62. The summed E-state index contributed by atoms with van der Waals surface area (Å²) in [4.78, 5) is 17.3. The molecule has 144 valence electrons. The molecule has 3 rings (SSSR count). The van der Waals surface area contributed by atoms with Gasteiger partial charge in [-0.3, -0.25) is 4.79 Å². The van der Waals surface area contributed by atoms with Crippen LogP contribution in [0.2, 0.25) is 0 Å². The van der Waals surface area contributed by atoms with E-state index >= 15 is 0 Å². The first-order valence-electron chi connectivity index (χ1n) is 8.99. The van der Waals surface area contributed by atoms with Gasteiger partial charge in [-0.15, -0.1) is 0 Å². The summed E-state index contributed by atoms with van der Waals surface area (Å²) in [7, 11) is -1.83. The standard InChI is InChI=1S/C20H25N3O3S/c1-16-8-6-7-11-18(16)27(25,26)21-19(17-9-4-3-5-10-17)20(24)23-14-12-22(2)13-15-23/h3-11,19,21H,12-15H2,1-2H3/t19-/m0/s1. The Morgan fingerprint density at radius 3 is 2.19 bits per heavy atom. The lowest BCUT2D eigenvalue weighted by atomic mass is 10.1. The Hall–Kier alpha value is -2.22. The predicted octanol–water partition coefficient (Wildman–Crippen LogP) is 1.79. The highest BCUT2D eigenvalue weighted by molar-refractivity contribution is 7.89. The monoisotopic (exact) mass is 387 g/mol. The number of nitrogens with one attached hydrogen (secondary N) is 1. The van der Waals surface area contributed by atoms with Crippen molar-refractivity contribution in [3.63, 3.8) is 0 Å². The number of carbonyl (C=O) groups is 1. The van der Waals surface area contributed by atoms with Crippen molar-refractivity contribution < 1.29 is 13.2 Å². The molecule has 1 aliphatic rings. The molecule has 1 atom stereocenters. The molecule has 0 saturated carbocycles. The first kappa shape index (κ1) is 19.5. The minimum absolute atomic E-state index is 0.192. The maximum absolute atomic E-state index is 13.2. The van der Waals surface area contributed by atoms with Crippen molar-refractivity contribution >= 4 is 15.9 Å². The van der Waals surface area contributed by atoms with E-state index in [4.69, 9.17) is 0 Å². The summed E-state index contributed by atoms with van der Waals surface area (Å²) >= 11 is 0. The third kappa shape index (κ3) is 4.55. The minimum atomic E-state index is -3.84. The van der Waals surface area contributed by atoms with Crippen LogP contribution in [0.25, 0.3) is 0 Å². The van der Waals surface area contributed by atoms with E-state index in [2.05, 4.69) is 9.62 Å². The smallest absolute Gasteiger partial charge is 0.245 e. The number of sulfonamides is 1. The van der Waals surface area contributed by atoms with Crippen LogP contribution >= 0.6 is 0 Å². The third-order valence-corrected chi connectivity index (χ3v) is 6.43. The van der Waals surface area contributed by atoms with Gasteiger partial charge in [0.2, 0.25) is 15.9 Å². The fraction of sp³-hybridized carbons (Fsp3) is 0.350. The van der Waals surface area contributed by atoms with Gasteiger partial charge in [0, 0.05) is 26.2 Å². The highest BCUT2D eigenvalue weighted by Gasteiger charge is 2.32. The van der Waals surface area contributed by atoms with Gasteiger partial charge in [0.15, 0.2) is 0 Å². The molecule has 1 heterocycles. The van der Waals surface area contributed by atoms with Gasteiger partial charge < -0.3 is 9.80 Å². The van der Waals surface area contributed by atoms with Crippen molar-refractivity contribution in [2.75, 3.05) is 33.2 Å². The molecule has 1 amide bonds. The maximum Gasteiger partial charge on any atom is 0.245 e. The number of hydrogen-bond donors (Lipinski definition) is 1. The van der Waals surface area contributed by atoms with Gasteiger partial charge in [0.1, 0.15) is 6.04 Å². The molecule has 1 aliphatic heterocycles. The first-order chi connectivity index (χ1) is 12.9. The molecule has 0 aliphatic carbocycles. The van der Waals surface area contributed by atoms with Crippen LogP contribution in [0.15, 0.2) is 59.5 Å². The summed E-state index contributed by atoms with van der Waals surface area (Å²) in [6, 6.07) is 14.8. The van der Waals surface area contributed by atoms with Gasteiger partial charge in [-0.25, -0.2) is 8.42 Å². The number of piperazine rings is 1. The number of hydrogen-bond acceptors (Lipinski definition) is 4. The second-order valence-corrected chi connectivity index (χ2v) is 8.54. The average molecular weight is 388 g/mol. The van der Waals surface area contributed by atoms with Gasteiger partial charge in [-0.05, 0) is 31.2 Å². The van der Waals surface area contributed by atoms with Crippen LogP contribution < -0.4 is 4.72 Å². The summed E-state index contributed by atoms with van der Waals surface area (Å²) in [5, 5.41) is 0. The molecule has 2 aromatic rings. The molecular weight excluding hydrogens is 362 g/mol. The van der Waals surface area contributed by atoms with Crippen LogP contribution in [0.4, 0.5) is 0 Å². The molecule has 6 nitrogen and oxygen atoms in total. The number of benzene rings is 2. The van der Waals surface area contributed by atoms with E-state index in [1.165, 1.54) is 0 Å². The van der Waals surface area contributed by atoms with Crippen LogP contribution in [0.3, 0.4) is 0 Å². The number of aryl methyl sites for hydroxylation is 1. The Kier molecular flexibility index (Phi) is 5.94. The SMILES string of the molecule is Cc1ccccc1S(=O)(=O)N[C@H](C(=O)N1CCN(C)CC1)c1ccccc1. The normalized spacial score (nSPS) is 16.9. The quantitative estimate of drug-likeness (QED) is 0.849. The summed E-state index contributed by atoms with van der Waals surface area (Å²) in [6.07, 6.45) is 0. The minimum Gasteiger partial charge on any atom is -0.338 e. The maximum atomic E-state index is 13.2. The van der Waals surface area contributed by atoms with Crippen LogP contribution in [0, 0.1) is 6.92 Å². The van der Waals surface area contributed by atoms with Crippen molar-refractivity contribution in [3.8, 4) is 0 Å². The number of rotatable bonds is 5. The van der Waals surface area contributed by atoms with E-state index in [1.54, 1.807) is 48.2 Å². The molecule has 2 aromatic carbocycles. The lowest BCUT2D eigenvalue weighted by Crippen LogP contribution is -2.51. The zero-order valence-electron chi connectivity index (χ0n) is 15.6. The van der Waals surface area contributed by atoms with E-state index in [0.29, 0.717) is 24.2 Å². The summed E-state index contributed by atoms with van der Waals surface area (Å²) in [5.41, 5.74) is 1.28. The molecule has 0 spiro atoms. The van der Waals surface area contributed by atoms with Crippen molar-refractivity contribution in [2.45, 2.75) is 17.9 Å². The topological polar surface area (TPSA) is 69.7 Å². The molecule has 0 radical (unpaired) electrons. The number of carbonyl (C=O) groups excluding carboxylic acids is 1. The van der Waals surface area contributed by atoms with Crippen LogP contribution in [0.5, 0.6) is 0 Å². The summed E-state index contributed by atoms with van der Waals surface area (Å²) in [5.74, 6) is -0.216. The van der Waals surface area contributed by atoms with Crippen LogP contribution in [0.1, 0.15) is 17.2 Å². The van der Waals surface area contributed by atoms with E-state index in [9.17, 15) is 13.2 Å². The third-order valence-electron chi connectivity index (χ3n) is 4.85. The molecule has 0 aromatic heterocycles. The first-order valence-corrected chi connectivity index (χ1v) is 10.5. The van der Waals surface area contributed by atoms with Crippen LogP contribution in [-0.2, 0) is 14.8 Å². The number of amides is 1. The predicted molar refractivity (Wildman–Crippen MR) is 105 cm³/mol. The fourth-order valence-electron chi connectivity index (χ4n) is 3.19. The molecule has 1 saturated heterocycles. The zero-order valence-corrected chi connectivity index (χ0v) is 16.4. The lowest BCUT2D eigenvalue weighted by Gasteiger charge is -2.34. The molecular formula is C20H25N3O3S. The number of nitrogens with zero attached hydrogens (tertiary/aromatic N) is 2. The van der Waals surface area contributed by atoms with Gasteiger partial charge in [0.25, 0.3) is 0 Å². The summed E-state index contributed by atoms with van der Waals surface area (Å²) in [6.45, 7) is 4.47. The van der Waals surface area contributed by atoms with Crippen molar-refractivity contribution in [1.29, 1.82) is 0 Å². The van der Waals surface area contributed by atoms with Crippen molar-refractivity contribution in [1.82, 2.24) is 14.5 Å². The Balaban J connectivity index is 1.91. The van der Waals surface area contributed by atoms with E-state index < -0.39 is 16.1 Å². The van der Waals surface area contributed by atoms with Gasteiger partial charge in [0.05, 0.1) is 4.90 Å². The molecule has 0 unspecified atom stereocenters. The molecule has 7 heteroatoms. The Morgan fingerprint density at radius 2 is 1.56 bits per heavy atom. The number of likely N-dealkylation sites (N-methyl/N-ethyl adjacent to an activating group) is 1. The Labute approximate surface area is 160 Å². The van der Waals surface area contributed by atoms with E-state index in [-0.39, 0.29) is 10.8 Å². The molecule has 1 fully saturated rings. The van der Waals surface area contributed by atoms with Gasteiger partial charge in [-0.1, -0.05) is 48.5 Å². The Morgan fingerprint density at radius 1 is 0.963 bits per heavy atom. The van der Waals surface area contributed by atoms with E-state index in [0.717, 1.165) is 13.1 Å². The highest BCUT2D eigenvalue weighted by Crippen LogP contribution is 2.22. The van der Waals surface area contributed by atoms with E-state index in [1.807, 2.05) is 25.2 Å². The second-order valence-electron chi connectivity index (χ2n) is 6.86. The molecule has 27 heavy (non-hydrogen) atoms. The summed E-state index contributed by atoms with van der Waals surface area (Å²) < 4.78 is 28.6. The lowest BCUT2D eigenvalue weighted by molar-refractivity contribution is -0.134. The zero-order chi connectivity index (χ0) is 19.4. The average Bonchev–Trinajstić information content (AvgIpc) is 2.67. The van der Waals surface area contributed by atoms with Gasteiger partial charge >= 0.3 is 0 Å². The van der Waals surface area contributed by atoms with Crippen molar-refractivity contribution in [2.24, 2.45) is 0 Å². The second kappa shape index (κ2) is 8.21. The molecule has 1 N–H and O–H groups in total. The van der Waals surface area contributed by atoms with Gasteiger partial charge in [-0.2, -0.15) is 4.72 Å². The van der Waals surface area contributed by atoms with Crippen molar-refractivity contribution in [3.05, 3.63) is 65.7 Å². The largest absolute Gasteiger partial charge is 0.338 e. The Bertz CT molecular complexity index is 892. The highest BCUT2D eigenvalue weighted by atomic mass is 32.2. The molecule has 0 bridgehead atoms. The van der Waals surface area contributed by atoms with Crippen LogP contribution in [-0.4, -0.2) is 57.4 Å².